The summed E-state index contributed by atoms with van der Waals surface area (Å²) in [5, 5.41) is 12.4. The molecular weight excluding hydrogens is 168 g/mol. The molecule has 1 amide bonds. The number of amides is 1. The van der Waals surface area contributed by atoms with Gasteiger partial charge in [0.2, 0.25) is 5.91 Å². The number of aliphatic hydroxyl groups excluding tert-OH is 1. The van der Waals surface area contributed by atoms with Crippen LogP contribution in [0.4, 0.5) is 0 Å². The molecule has 13 heavy (non-hydrogen) atoms. The van der Waals surface area contributed by atoms with Gasteiger partial charge in [0.1, 0.15) is 0 Å². The van der Waals surface area contributed by atoms with Gasteiger partial charge in [0.25, 0.3) is 0 Å². The van der Waals surface area contributed by atoms with Crippen LogP contribution in [0, 0.1) is 0 Å². The molecule has 1 aliphatic heterocycles. The van der Waals surface area contributed by atoms with E-state index in [0.717, 1.165) is 13.0 Å². The van der Waals surface area contributed by atoms with E-state index >= 15 is 0 Å². The minimum absolute atomic E-state index is 0.0274. The fourth-order valence-electron chi connectivity index (χ4n) is 1.43. The summed E-state index contributed by atoms with van der Waals surface area (Å²) in [4.78, 5) is 13.2. The highest BCUT2D eigenvalue weighted by molar-refractivity contribution is 5.83. The van der Waals surface area contributed by atoms with Gasteiger partial charge in [-0.2, -0.15) is 0 Å². The summed E-state index contributed by atoms with van der Waals surface area (Å²) in [5.41, 5.74) is 0. The molecule has 1 aliphatic rings. The highest BCUT2D eigenvalue weighted by Gasteiger charge is 2.30. The van der Waals surface area contributed by atoms with Crippen LogP contribution in [0.2, 0.25) is 0 Å². The topological polar surface area (TPSA) is 52.6 Å². The molecule has 1 saturated heterocycles. The van der Waals surface area contributed by atoms with Gasteiger partial charge >= 0.3 is 0 Å². The van der Waals surface area contributed by atoms with Crippen LogP contribution < -0.4 is 5.32 Å². The lowest BCUT2D eigenvalue weighted by atomic mass is 10.1. The Morgan fingerprint density at radius 3 is 2.62 bits per heavy atom. The van der Waals surface area contributed by atoms with Crippen molar-refractivity contribution >= 4 is 5.91 Å². The molecule has 0 radical (unpaired) electrons. The number of likely N-dealkylation sites (tertiary alicyclic amines) is 1. The predicted octanol–water partition coefficient (Wildman–Crippen LogP) is -0.424. The van der Waals surface area contributed by atoms with Gasteiger partial charge in [-0.3, -0.25) is 4.79 Å². The molecule has 76 valence electrons. The molecule has 0 spiro atoms. The molecule has 1 rings (SSSR count). The first-order chi connectivity index (χ1) is 6.02. The Kier molecular flexibility index (Phi) is 3.27. The number of hydrogen-bond donors (Lipinski definition) is 2. The van der Waals surface area contributed by atoms with Gasteiger partial charge in [0, 0.05) is 19.6 Å². The van der Waals surface area contributed by atoms with Gasteiger partial charge < -0.3 is 15.3 Å². The van der Waals surface area contributed by atoms with Crippen LogP contribution in [0.1, 0.15) is 20.3 Å². The Morgan fingerprint density at radius 1 is 1.62 bits per heavy atom. The van der Waals surface area contributed by atoms with E-state index in [4.69, 9.17) is 0 Å². The molecule has 4 heteroatoms. The first kappa shape index (κ1) is 10.5. The second-order valence-corrected chi connectivity index (χ2v) is 3.80. The Hall–Kier alpha value is -0.610. The van der Waals surface area contributed by atoms with Gasteiger partial charge in [-0.1, -0.05) is 0 Å². The van der Waals surface area contributed by atoms with E-state index < -0.39 is 6.10 Å². The number of hydrogen-bond acceptors (Lipinski definition) is 3. The van der Waals surface area contributed by atoms with Crippen molar-refractivity contribution in [1.29, 1.82) is 0 Å². The third-order valence-corrected chi connectivity index (χ3v) is 2.62. The average molecular weight is 186 g/mol. The monoisotopic (exact) mass is 186 g/mol. The van der Waals surface area contributed by atoms with E-state index in [1.165, 1.54) is 0 Å². The zero-order chi connectivity index (χ0) is 10.0. The molecule has 0 aromatic carbocycles. The largest absolute Gasteiger partial charge is 0.392 e. The van der Waals surface area contributed by atoms with Crippen LogP contribution in [-0.4, -0.2) is 47.7 Å². The van der Waals surface area contributed by atoms with E-state index in [0.29, 0.717) is 0 Å². The maximum Gasteiger partial charge on any atom is 0.239 e. The van der Waals surface area contributed by atoms with Crippen molar-refractivity contribution in [3.8, 4) is 0 Å². The number of nitrogens with zero attached hydrogens (tertiary/aromatic N) is 1. The maximum atomic E-state index is 11.4. The van der Waals surface area contributed by atoms with Crippen LogP contribution >= 0.6 is 0 Å². The summed E-state index contributed by atoms with van der Waals surface area (Å²) in [6.07, 6.45) is 0.422. The summed E-state index contributed by atoms with van der Waals surface area (Å²) in [5.74, 6) is 0.132. The highest BCUT2D eigenvalue weighted by Crippen LogP contribution is 2.09. The van der Waals surface area contributed by atoms with Crippen LogP contribution in [0.5, 0.6) is 0 Å². The number of carbonyl (C=O) groups is 1. The molecule has 1 fully saturated rings. The number of aliphatic hydroxyl groups is 1. The van der Waals surface area contributed by atoms with E-state index in [1.54, 1.807) is 18.9 Å². The fourth-order valence-corrected chi connectivity index (χ4v) is 1.43. The van der Waals surface area contributed by atoms with Crippen LogP contribution in [0.3, 0.4) is 0 Å². The summed E-state index contributed by atoms with van der Waals surface area (Å²) >= 11 is 0. The van der Waals surface area contributed by atoms with Crippen LogP contribution in [-0.2, 0) is 4.79 Å². The van der Waals surface area contributed by atoms with Gasteiger partial charge in [-0.15, -0.1) is 0 Å². The molecule has 2 N–H and O–H groups in total. The molecule has 3 unspecified atom stereocenters. The van der Waals surface area contributed by atoms with E-state index in [2.05, 4.69) is 5.32 Å². The van der Waals surface area contributed by atoms with Crippen molar-refractivity contribution in [2.24, 2.45) is 0 Å². The number of carbonyl (C=O) groups excluding carboxylic acids is 1. The predicted molar refractivity (Wildman–Crippen MR) is 50.3 cm³/mol. The number of likely N-dealkylation sites (N-methyl/N-ethyl adjacent to an activating group) is 1. The first-order valence-corrected chi connectivity index (χ1v) is 4.71. The van der Waals surface area contributed by atoms with Crippen molar-refractivity contribution in [1.82, 2.24) is 10.2 Å². The smallest absolute Gasteiger partial charge is 0.239 e. The molecule has 1 heterocycles. The lowest BCUT2D eigenvalue weighted by Gasteiger charge is -2.20. The second-order valence-electron chi connectivity index (χ2n) is 3.80. The zero-order valence-electron chi connectivity index (χ0n) is 8.45. The molecular formula is C9H18N2O2. The number of nitrogens with one attached hydrogen (secondary N) is 1. The van der Waals surface area contributed by atoms with Crippen molar-refractivity contribution in [2.45, 2.75) is 38.5 Å². The molecule has 0 bridgehead atoms. The molecule has 4 nitrogen and oxygen atoms in total. The first-order valence-electron chi connectivity index (χ1n) is 4.71. The standard InChI is InChI=1S/C9H18N2O2/c1-6(7(2)12)10-8-4-5-11(3)9(8)13/h6-8,10,12H,4-5H2,1-3H3. The van der Waals surface area contributed by atoms with Gasteiger partial charge in [-0.05, 0) is 20.3 Å². The van der Waals surface area contributed by atoms with Crippen LogP contribution in [0.15, 0.2) is 0 Å². The van der Waals surface area contributed by atoms with E-state index in [9.17, 15) is 9.90 Å². The minimum atomic E-state index is -0.418. The summed E-state index contributed by atoms with van der Waals surface area (Å²) < 4.78 is 0. The van der Waals surface area contributed by atoms with Crippen molar-refractivity contribution < 1.29 is 9.90 Å². The van der Waals surface area contributed by atoms with Gasteiger partial charge in [-0.25, -0.2) is 0 Å². The molecule has 0 aromatic heterocycles. The molecule has 0 aliphatic carbocycles. The molecule has 0 aromatic rings. The molecule has 0 saturated carbocycles. The second kappa shape index (κ2) is 4.07. The third-order valence-electron chi connectivity index (χ3n) is 2.62. The normalized spacial score (nSPS) is 27.8. The van der Waals surface area contributed by atoms with Crippen LogP contribution in [0.25, 0.3) is 0 Å². The summed E-state index contributed by atoms with van der Waals surface area (Å²) in [7, 11) is 1.80. The van der Waals surface area contributed by atoms with Crippen molar-refractivity contribution in [3.05, 3.63) is 0 Å². The lowest BCUT2D eigenvalue weighted by molar-refractivity contribution is -0.128. The van der Waals surface area contributed by atoms with Gasteiger partial charge in [0.05, 0.1) is 12.1 Å². The quantitative estimate of drug-likeness (QED) is 0.629. The van der Waals surface area contributed by atoms with E-state index in [-0.39, 0.29) is 18.0 Å². The molecule has 3 atom stereocenters. The Balaban J connectivity index is 2.42. The SMILES string of the molecule is CC(O)C(C)NC1CCN(C)C1=O. The average Bonchev–Trinajstić information content (AvgIpc) is 2.36. The Labute approximate surface area is 78.9 Å². The van der Waals surface area contributed by atoms with Crippen molar-refractivity contribution in [2.75, 3.05) is 13.6 Å². The zero-order valence-corrected chi connectivity index (χ0v) is 8.45. The minimum Gasteiger partial charge on any atom is -0.392 e. The summed E-state index contributed by atoms with van der Waals surface area (Å²) in [6, 6.07) is -0.130. The van der Waals surface area contributed by atoms with E-state index in [1.807, 2.05) is 6.92 Å². The lowest BCUT2D eigenvalue weighted by Crippen LogP contribution is -2.46. The fraction of sp³-hybridized carbons (Fsp3) is 0.889. The Morgan fingerprint density at radius 2 is 2.23 bits per heavy atom. The Bertz CT molecular complexity index is 194. The summed E-state index contributed by atoms with van der Waals surface area (Å²) in [6.45, 7) is 4.42. The van der Waals surface area contributed by atoms with Crippen molar-refractivity contribution in [3.63, 3.8) is 0 Å². The third kappa shape index (κ3) is 2.42. The number of rotatable bonds is 3. The van der Waals surface area contributed by atoms with Gasteiger partial charge in [0.15, 0.2) is 0 Å². The highest BCUT2D eigenvalue weighted by atomic mass is 16.3. The maximum absolute atomic E-state index is 11.4.